The van der Waals surface area contributed by atoms with Crippen LogP contribution in [0.1, 0.15) is 53.8 Å². The lowest BCUT2D eigenvalue weighted by molar-refractivity contribution is 0.0929. The van der Waals surface area contributed by atoms with E-state index >= 15 is 0 Å². The summed E-state index contributed by atoms with van der Waals surface area (Å²) >= 11 is 1.56. The molecule has 3 heterocycles. The Morgan fingerprint density at radius 3 is 3.13 bits per heavy atom. The van der Waals surface area contributed by atoms with E-state index in [1.54, 1.807) is 23.6 Å². The van der Waals surface area contributed by atoms with Crippen molar-refractivity contribution in [3.63, 3.8) is 0 Å². The Hall–Kier alpha value is -1.44. The molecule has 1 amide bonds. The van der Waals surface area contributed by atoms with E-state index < -0.39 is 0 Å². The van der Waals surface area contributed by atoms with Crippen LogP contribution in [0, 0.1) is 0 Å². The normalized spacial score (nSPS) is 18.9. The number of amides is 1. The van der Waals surface area contributed by atoms with Crippen LogP contribution in [-0.4, -0.2) is 33.8 Å². The van der Waals surface area contributed by atoms with Crippen molar-refractivity contribution in [2.45, 2.75) is 38.3 Å². The van der Waals surface area contributed by atoms with Gasteiger partial charge in [0.05, 0.1) is 12.1 Å². The Kier molecular flexibility index (Phi) is 6.56. The van der Waals surface area contributed by atoms with Crippen molar-refractivity contribution in [1.29, 1.82) is 0 Å². The molecule has 3 rings (SSSR count). The average Bonchev–Trinajstić information content (AvgIpc) is 3.24. The second-order valence-electron chi connectivity index (χ2n) is 5.49. The Morgan fingerprint density at radius 2 is 2.48 bits per heavy atom. The third-order valence-electron chi connectivity index (χ3n) is 3.95. The summed E-state index contributed by atoms with van der Waals surface area (Å²) < 4.78 is 1.91. The smallest absolute Gasteiger partial charge is 0.272 e. The van der Waals surface area contributed by atoms with Gasteiger partial charge in [-0.3, -0.25) is 9.48 Å². The first-order valence-electron chi connectivity index (χ1n) is 7.74. The van der Waals surface area contributed by atoms with E-state index in [4.69, 9.17) is 0 Å². The quantitative estimate of drug-likeness (QED) is 0.864. The van der Waals surface area contributed by atoms with Gasteiger partial charge < -0.3 is 10.6 Å². The van der Waals surface area contributed by atoms with E-state index in [1.807, 2.05) is 23.2 Å². The molecule has 23 heavy (non-hydrogen) atoms. The van der Waals surface area contributed by atoms with Crippen molar-refractivity contribution in [1.82, 2.24) is 25.4 Å². The predicted octanol–water partition coefficient (Wildman–Crippen LogP) is 2.57. The fourth-order valence-corrected chi connectivity index (χ4v) is 3.47. The number of halogens is 1. The molecule has 0 bridgehead atoms. The van der Waals surface area contributed by atoms with Crippen molar-refractivity contribution in [2.75, 3.05) is 13.1 Å². The SMILES string of the molecule is CCC(NC(=O)c1ccn(C2CCCNC2)n1)c1nccs1.Cl. The Balaban J connectivity index is 0.00000192. The highest BCUT2D eigenvalue weighted by atomic mass is 35.5. The second kappa shape index (κ2) is 8.42. The third kappa shape index (κ3) is 4.31. The summed E-state index contributed by atoms with van der Waals surface area (Å²) in [5.74, 6) is -0.135. The largest absolute Gasteiger partial charge is 0.341 e. The molecule has 0 radical (unpaired) electrons. The highest BCUT2D eigenvalue weighted by Gasteiger charge is 2.20. The van der Waals surface area contributed by atoms with Gasteiger partial charge in [-0.25, -0.2) is 4.98 Å². The number of aromatic nitrogens is 3. The van der Waals surface area contributed by atoms with Gasteiger partial charge in [-0.15, -0.1) is 23.7 Å². The van der Waals surface area contributed by atoms with E-state index in [1.165, 1.54) is 0 Å². The summed E-state index contributed by atoms with van der Waals surface area (Å²) in [5, 5.41) is 13.7. The van der Waals surface area contributed by atoms with Crippen LogP contribution in [0.4, 0.5) is 0 Å². The molecular formula is C15H22ClN5OS. The summed E-state index contributed by atoms with van der Waals surface area (Å²) in [5.41, 5.74) is 0.473. The molecule has 6 nitrogen and oxygen atoms in total. The molecule has 1 saturated heterocycles. The van der Waals surface area contributed by atoms with Gasteiger partial charge >= 0.3 is 0 Å². The second-order valence-corrected chi connectivity index (χ2v) is 6.41. The third-order valence-corrected chi connectivity index (χ3v) is 4.84. The summed E-state index contributed by atoms with van der Waals surface area (Å²) in [4.78, 5) is 16.7. The number of nitrogens with one attached hydrogen (secondary N) is 2. The number of thiazole rings is 1. The first-order chi connectivity index (χ1) is 10.8. The van der Waals surface area contributed by atoms with Crippen LogP contribution in [0.25, 0.3) is 0 Å². The molecule has 2 N–H and O–H groups in total. The topological polar surface area (TPSA) is 71.8 Å². The van der Waals surface area contributed by atoms with Crippen LogP contribution in [0.15, 0.2) is 23.8 Å². The van der Waals surface area contributed by atoms with Crippen molar-refractivity contribution < 1.29 is 4.79 Å². The molecule has 126 valence electrons. The molecular weight excluding hydrogens is 334 g/mol. The van der Waals surface area contributed by atoms with Crippen molar-refractivity contribution in [2.24, 2.45) is 0 Å². The molecule has 1 aliphatic rings. The molecule has 0 saturated carbocycles. The fraction of sp³-hybridized carbons (Fsp3) is 0.533. The van der Waals surface area contributed by atoms with Gasteiger partial charge in [-0.1, -0.05) is 6.92 Å². The fourth-order valence-electron chi connectivity index (χ4n) is 2.70. The maximum Gasteiger partial charge on any atom is 0.272 e. The minimum atomic E-state index is -0.135. The highest BCUT2D eigenvalue weighted by molar-refractivity contribution is 7.09. The molecule has 0 aromatic carbocycles. The number of hydrogen-bond acceptors (Lipinski definition) is 5. The van der Waals surface area contributed by atoms with Gasteiger partial charge in [0.1, 0.15) is 10.7 Å². The molecule has 8 heteroatoms. The van der Waals surface area contributed by atoms with Crippen molar-refractivity contribution in [3.05, 3.63) is 34.5 Å². The first kappa shape index (κ1) is 17.9. The van der Waals surface area contributed by atoms with E-state index in [-0.39, 0.29) is 24.4 Å². The minimum Gasteiger partial charge on any atom is -0.341 e. The first-order valence-corrected chi connectivity index (χ1v) is 8.62. The standard InChI is InChI=1S/C15H21N5OS.ClH/c1-2-12(15-17-7-9-22-15)18-14(21)13-5-8-20(19-13)11-4-3-6-16-10-11;/h5,7-9,11-12,16H,2-4,6,10H2,1H3,(H,18,21);1H. The zero-order valence-electron chi connectivity index (χ0n) is 13.1. The van der Waals surface area contributed by atoms with Gasteiger partial charge in [-0.05, 0) is 31.9 Å². The lowest BCUT2D eigenvalue weighted by Crippen LogP contribution is -2.32. The zero-order chi connectivity index (χ0) is 15.4. The van der Waals surface area contributed by atoms with Crippen molar-refractivity contribution >= 4 is 29.7 Å². The van der Waals surface area contributed by atoms with E-state index in [9.17, 15) is 4.79 Å². The van der Waals surface area contributed by atoms with Gasteiger partial charge in [0.15, 0.2) is 0 Å². The Bertz CT molecular complexity index is 609. The summed E-state index contributed by atoms with van der Waals surface area (Å²) in [6, 6.07) is 2.09. The van der Waals surface area contributed by atoms with Crippen molar-refractivity contribution in [3.8, 4) is 0 Å². The molecule has 1 fully saturated rings. The number of carbonyl (C=O) groups excluding carboxylic acids is 1. The average molecular weight is 356 g/mol. The van der Waals surface area contributed by atoms with Crippen LogP contribution in [0.3, 0.4) is 0 Å². The van der Waals surface area contributed by atoms with Gasteiger partial charge in [0.25, 0.3) is 5.91 Å². The molecule has 2 aromatic rings. The zero-order valence-corrected chi connectivity index (χ0v) is 14.7. The maximum absolute atomic E-state index is 12.4. The summed E-state index contributed by atoms with van der Waals surface area (Å²) in [6.07, 6.45) is 6.73. The maximum atomic E-state index is 12.4. The van der Waals surface area contributed by atoms with Crippen LogP contribution < -0.4 is 10.6 Å². The number of carbonyl (C=O) groups is 1. The van der Waals surface area contributed by atoms with Crippen LogP contribution in [0.5, 0.6) is 0 Å². The minimum absolute atomic E-state index is 0. The lowest BCUT2D eigenvalue weighted by atomic mass is 10.1. The lowest BCUT2D eigenvalue weighted by Gasteiger charge is -2.22. The van der Waals surface area contributed by atoms with Crippen LogP contribution in [-0.2, 0) is 0 Å². The molecule has 2 atom stereocenters. The highest BCUT2D eigenvalue weighted by Crippen LogP contribution is 2.20. The number of hydrogen-bond donors (Lipinski definition) is 2. The van der Waals surface area contributed by atoms with E-state index in [0.717, 1.165) is 37.4 Å². The monoisotopic (exact) mass is 355 g/mol. The van der Waals surface area contributed by atoms with Gasteiger partial charge in [-0.2, -0.15) is 5.10 Å². The summed E-state index contributed by atoms with van der Waals surface area (Å²) in [6.45, 7) is 4.02. The van der Waals surface area contributed by atoms with Crippen LogP contribution >= 0.6 is 23.7 Å². The molecule has 0 spiro atoms. The Morgan fingerprint density at radius 1 is 1.61 bits per heavy atom. The molecule has 2 unspecified atom stereocenters. The molecule has 2 aromatic heterocycles. The number of nitrogens with zero attached hydrogens (tertiary/aromatic N) is 3. The van der Waals surface area contributed by atoms with Gasteiger partial charge in [0.2, 0.25) is 0 Å². The number of piperidine rings is 1. The summed E-state index contributed by atoms with van der Waals surface area (Å²) in [7, 11) is 0. The number of rotatable bonds is 5. The van der Waals surface area contributed by atoms with E-state index in [2.05, 4.69) is 20.7 Å². The van der Waals surface area contributed by atoms with Crippen LogP contribution in [0.2, 0.25) is 0 Å². The van der Waals surface area contributed by atoms with E-state index in [0.29, 0.717) is 11.7 Å². The van der Waals surface area contributed by atoms with Gasteiger partial charge in [0, 0.05) is 24.3 Å². The molecule has 1 aliphatic heterocycles. The Labute approximate surface area is 146 Å². The molecule has 0 aliphatic carbocycles. The predicted molar refractivity (Wildman–Crippen MR) is 93.2 cm³/mol.